The number of carbonyl (C=O) groups excluding carboxylic acids is 2. The Kier molecular flexibility index (Phi) is 5.14. The number of hydrogen-bond donors (Lipinski definition) is 3. The first-order valence-electron chi connectivity index (χ1n) is 6.47. The molecule has 19 heavy (non-hydrogen) atoms. The molecule has 3 amide bonds. The maximum Gasteiger partial charge on any atom is 0.329 e. The third kappa shape index (κ3) is 3.59. The van der Waals surface area contributed by atoms with E-state index in [1.54, 1.807) is 6.92 Å². The van der Waals surface area contributed by atoms with Crippen LogP contribution in [0.3, 0.4) is 0 Å². The van der Waals surface area contributed by atoms with Crippen molar-refractivity contribution < 1.29 is 19.5 Å². The van der Waals surface area contributed by atoms with Gasteiger partial charge in [0.05, 0.1) is 0 Å². The van der Waals surface area contributed by atoms with Crippen molar-refractivity contribution in [1.29, 1.82) is 0 Å². The van der Waals surface area contributed by atoms with Gasteiger partial charge in [-0.15, -0.1) is 0 Å². The van der Waals surface area contributed by atoms with Crippen LogP contribution in [0.4, 0.5) is 4.79 Å². The predicted octanol–water partition coefficient (Wildman–Crippen LogP) is 0.161. The molecule has 1 aliphatic heterocycles. The van der Waals surface area contributed by atoms with Crippen molar-refractivity contribution in [3.8, 4) is 0 Å². The molecule has 1 saturated heterocycles. The van der Waals surface area contributed by atoms with Gasteiger partial charge in [0, 0.05) is 26.1 Å². The Bertz CT molecular complexity index is 372. The fourth-order valence-electron chi connectivity index (χ4n) is 2.18. The van der Waals surface area contributed by atoms with Gasteiger partial charge in [0.1, 0.15) is 5.54 Å². The van der Waals surface area contributed by atoms with E-state index in [0.29, 0.717) is 25.9 Å². The number of carboxylic acids is 1. The summed E-state index contributed by atoms with van der Waals surface area (Å²) in [5, 5.41) is 14.4. The fourth-order valence-corrected chi connectivity index (χ4v) is 2.18. The second kappa shape index (κ2) is 6.40. The van der Waals surface area contributed by atoms with Crippen molar-refractivity contribution in [2.45, 2.75) is 38.6 Å². The molecule has 0 spiro atoms. The maximum absolute atomic E-state index is 11.9. The molecule has 1 heterocycles. The Morgan fingerprint density at radius 1 is 1.32 bits per heavy atom. The molecule has 1 aliphatic rings. The van der Waals surface area contributed by atoms with E-state index in [2.05, 4.69) is 10.6 Å². The SMILES string of the molecule is CCNC(=O)CCNC(=O)N1CCCC1(C)C(=O)O. The van der Waals surface area contributed by atoms with Crippen LogP contribution in [0.2, 0.25) is 0 Å². The van der Waals surface area contributed by atoms with Gasteiger partial charge in [-0.1, -0.05) is 0 Å². The van der Waals surface area contributed by atoms with Crippen molar-refractivity contribution in [3.63, 3.8) is 0 Å². The number of rotatable bonds is 5. The van der Waals surface area contributed by atoms with Crippen molar-refractivity contribution >= 4 is 17.9 Å². The Balaban J connectivity index is 2.45. The molecule has 1 fully saturated rings. The Morgan fingerprint density at radius 2 is 2.00 bits per heavy atom. The molecule has 0 saturated carbocycles. The molecule has 0 bridgehead atoms. The number of urea groups is 1. The average molecular weight is 271 g/mol. The first-order chi connectivity index (χ1) is 8.91. The lowest BCUT2D eigenvalue weighted by atomic mass is 10.00. The Morgan fingerprint density at radius 3 is 2.58 bits per heavy atom. The van der Waals surface area contributed by atoms with Crippen LogP contribution in [0.25, 0.3) is 0 Å². The summed E-state index contributed by atoms with van der Waals surface area (Å²) >= 11 is 0. The summed E-state index contributed by atoms with van der Waals surface area (Å²) in [4.78, 5) is 35.7. The zero-order chi connectivity index (χ0) is 14.5. The highest BCUT2D eigenvalue weighted by molar-refractivity contribution is 5.87. The third-order valence-electron chi connectivity index (χ3n) is 3.35. The maximum atomic E-state index is 11.9. The summed E-state index contributed by atoms with van der Waals surface area (Å²) in [5.41, 5.74) is -1.14. The summed E-state index contributed by atoms with van der Waals surface area (Å²) in [6.07, 6.45) is 1.32. The van der Waals surface area contributed by atoms with Crippen molar-refractivity contribution in [1.82, 2.24) is 15.5 Å². The lowest BCUT2D eigenvalue weighted by Gasteiger charge is -2.31. The van der Waals surface area contributed by atoms with E-state index in [0.717, 1.165) is 0 Å². The van der Waals surface area contributed by atoms with Gasteiger partial charge in [-0.3, -0.25) is 4.79 Å². The number of hydrogen-bond acceptors (Lipinski definition) is 3. The molecule has 0 aromatic rings. The summed E-state index contributed by atoms with van der Waals surface area (Å²) in [6.45, 7) is 4.55. The number of carboxylic acid groups (broad SMARTS) is 1. The summed E-state index contributed by atoms with van der Waals surface area (Å²) in [7, 11) is 0. The van der Waals surface area contributed by atoms with E-state index in [9.17, 15) is 19.5 Å². The third-order valence-corrected chi connectivity index (χ3v) is 3.35. The standard InChI is InChI=1S/C12H21N3O4/c1-3-13-9(16)5-7-14-11(19)15-8-4-6-12(15,2)10(17)18/h3-8H2,1-2H3,(H,13,16)(H,14,19)(H,17,18). The van der Waals surface area contributed by atoms with Gasteiger partial charge in [0.2, 0.25) is 5.91 Å². The molecule has 1 unspecified atom stereocenters. The molecular formula is C12H21N3O4. The number of amides is 3. The molecule has 7 nitrogen and oxygen atoms in total. The van der Waals surface area contributed by atoms with E-state index in [-0.39, 0.29) is 18.9 Å². The minimum absolute atomic E-state index is 0.134. The second-order valence-corrected chi connectivity index (χ2v) is 4.77. The van der Waals surface area contributed by atoms with Gasteiger partial charge < -0.3 is 20.6 Å². The van der Waals surface area contributed by atoms with E-state index in [1.165, 1.54) is 4.90 Å². The van der Waals surface area contributed by atoms with E-state index < -0.39 is 17.5 Å². The quantitative estimate of drug-likeness (QED) is 0.663. The molecular weight excluding hydrogens is 250 g/mol. The van der Waals surface area contributed by atoms with Gasteiger partial charge >= 0.3 is 12.0 Å². The first-order valence-corrected chi connectivity index (χ1v) is 6.47. The normalized spacial score (nSPS) is 22.1. The molecule has 108 valence electrons. The zero-order valence-corrected chi connectivity index (χ0v) is 11.4. The monoisotopic (exact) mass is 271 g/mol. The van der Waals surface area contributed by atoms with Crippen molar-refractivity contribution in [3.05, 3.63) is 0 Å². The van der Waals surface area contributed by atoms with Gasteiger partial charge in [0.25, 0.3) is 0 Å². The van der Waals surface area contributed by atoms with Crippen LogP contribution in [-0.4, -0.2) is 53.1 Å². The van der Waals surface area contributed by atoms with Gasteiger partial charge in [0.15, 0.2) is 0 Å². The topological polar surface area (TPSA) is 98.7 Å². The summed E-state index contributed by atoms with van der Waals surface area (Å²) in [6, 6.07) is -0.424. The molecule has 1 rings (SSSR count). The van der Waals surface area contributed by atoms with Crippen LogP contribution in [-0.2, 0) is 9.59 Å². The van der Waals surface area contributed by atoms with Gasteiger partial charge in [-0.25, -0.2) is 9.59 Å². The lowest BCUT2D eigenvalue weighted by molar-refractivity contribution is -0.147. The molecule has 0 aromatic heterocycles. The van der Waals surface area contributed by atoms with E-state index in [1.807, 2.05) is 6.92 Å². The minimum atomic E-state index is -1.14. The van der Waals surface area contributed by atoms with E-state index in [4.69, 9.17) is 0 Å². The smallest absolute Gasteiger partial charge is 0.329 e. The Labute approximate surface area is 112 Å². The number of aliphatic carboxylic acids is 1. The molecule has 0 aliphatic carbocycles. The van der Waals surface area contributed by atoms with Crippen LogP contribution in [0.5, 0.6) is 0 Å². The number of nitrogens with zero attached hydrogens (tertiary/aromatic N) is 1. The summed E-state index contributed by atoms with van der Waals surface area (Å²) < 4.78 is 0. The number of likely N-dealkylation sites (tertiary alicyclic amines) is 1. The number of nitrogens with one attached hydrogen (secondary N) is 2. The van der Waals surface area contributed by atoms with Crippen molar-refractivity contribution in [2.24, 2.45) is 0 Å². The zero-order valence-electron chi connectivity index (χ0n) is 11.4. The van der Waals surface area contributed by atoms with Crippen LogP contribution in [0.15, 0.2) is 0 Å². The highest BCUT2D eigenvalue weighted by Gasteiger charge is 2.45. The largest absolute Gasteiger partial charge is 0.480 e. The molecule has 3 N–H and O–H groups in total. The van der Waals surface area contributed by atoms with Gasteiger partial charge in [-0.05, 0) is 26.7 Å². The fraction of sp³-hybridized carbons (Fsp3) is 0.750. The van der Waals surface area contributed by atoms with Crippen LogP contribution in [0, 0.1) is 0 Å². The van der Waals surface area contributed by atoms with Crippen LogP contribution >= 0.6 is 0 Å². The highest BCUT2D eigenvalue weighted by atomic mass is 16.4. The molecule has 0 aromatic carbocycles. The first kappa shape index (κ1) is 15.3. The summed E-state index contributed by atoms with van der Waals surface area (Å²) in [5.74, 6) is -1.13. The van der Waals surface area contributed by atoms with E-state index >= 15 is 0 Å². The predicted molar refractivity (Wildman–Crippen MR) is 68.7 cm³/mol. The molecule has 1 atom stereocenters. The van der Waals surface area contributed by atoms with Crippen LogP contribution in [0.1, 0.15) is 33.1 Å². The minimum Gasteiger partial charge on any atom is -0.480 e. The second-order valence-electron chi connectivity index (χ2n) is 4.77. The highest BCUT2D eigenvalue weighted by Crippen LogP contribution is 2.28. The molecule has 0 radical (unpaired) electrons. The Hall–Kier alpha value is -1.79. The average Bonchev–Trinajstić information content (AvgIpc) is 2.73. The van der Waals surface area contributed by atoms with Gasteiger partial charge in [-0.2, -0.15) is 0 Å². The van der Waals surface area contributed by atoms with Crippen LogP contribution < -0.4 is 10.6 Å². The number of carbonyl (C=O) groups is 3. The van der Waals surface area contributed by atoms with Crippen molar-refractivity contribution in [2.75, 3.05) is 19.6 Å². The molecule has 7 heteroatoms. The lowest BCUT2D eigenvalue weighted by Crippen LogP contribution is -2.54.